The molecular formula is C18H27ClN2O3. The molecular weight excluding hydrogens is 328 g/mol. The Morgan fingerprint density at radius 1 is 1.29 bits per heavy atom. The number of rotatable bonds is 5. The van der Waals surface area contributed by atoms with Gasteiger partial charge in [-0.25, -0.2) is 0 Å². The second-order valence-electron chi connectivity index (χ2n) is 6.79. The van der Waals surface area contributed by atoms with Gasteiger partial charge in [-0.05, 0) is 36.1 Å². The van der Waals surface area contributed by atoms with Gasteiger partial charge in [0.15, 0.2) is 12.4 Å². The summed E-state index contributed by atoms with van der Waals surface area (Å²) in [5.41, 5.74) is 6.68. The third kappa shape index (κ3) is 4.95. The van der Waals surface area contributed by atoms with Crippen LogP contribution in [0.4, 0.5) is 0 Å². The summed E-state index contributed by atoms with van der Waals surface area (Å²) >= 11 is 0. The molecule has 0 spiro atoms. The summed E-state index contributed by atoms with van der Waals surface area (Å²) < 4.78 is 5.55. The van der Waals surface area contributed by atoms with Crippen molar-refractivity contribution < 1.29 is 14.3 Å². The van der Waals surface area contributed by atoms with Crippen LogP contribution in [0, 0.1) is 5.41 Å². The molecule has 1 aromatic carbocycles. The van der Waals surface area contributed by atoms with Gasteiger partial charge in [-0.3, -0.25) is 9.59 Å². The fourth-order valence-corrected chi connectivity index (χ4v) is 2.76. The van der Waals surface area contributed by atoms with E-state index in [1.165, 1.54) is 0 Å². The highest BCUT2D eigenvalue weighted by Crippen LogP contribution is 2.27. The van der Waals surface area contributed by atoms with Crippen molar-refractivity contribution in [2.45, 2.75) is 39.7 Å². The molecule has 1 atom stereocenters. The Kier molecular flexibility index (Phi) is 7.24. The molecule has 24 heavy (non-hydrogen) atoms. The molecule has 6 heteroatoms. The summed E-state index contributed by atoms with van der Waals surface area (Å²) in [5, 5.41) is 0. The number of halogens is 1. The lowest BCUT2D eigenvalue weighted by Crippen LogP contribution is -2.54. The van der Waals surface area contributed by atoms with Crippen molar-refractivity contribution in [3.05, 3.63) is 29.8 Å². The lowest BCUT2D eigenvalue weighted by molar-refractivity contribution is -0.136. The van der Waals surface area contributed by atoms with Gasteiger partial charge in [-0.2, -0.15) is 0 Å². The summed E-state index contributed by atoms with van der Waals surface area (Å²) in [6.45, 7) is 7.34. The van der Waals surface area contributed by atoms with Crippen molar-refractivity contribution in [2.75, 3.05) is 19.7 Å². The number of nitrogens with two attached hydrogens (primary N) is 1. The molecule has 1 fully saturated rings. The minimum Gasteiger partial charge on any atom is -0.484 e. The Morgan fingerprint density at radius 3 is 2.46 bits per heavy atom. The Labute approximate surface area is 149 Å². The number of Topliss-reactive ketones (excluding diaryl/α,β-unsaturated/α-hetero) is 1. The van der Waals surface area contributed by atoms with Crippen LogP contribution in [0.3, 0.4) is 0 Å². The summed E-state index contributed by atoms with van der Waals surface area (Å²) in [5.74, 6) is 0.664. The Hall–Kier alpha value is -1.59. The van der Waals surface area contributed by atoms with E-state index >= 15 is 0 Å². The first kappa shape index (κ1) is 20.5. The molecule has 2 N–H and O–H groups in total. The Bertz CT molecular complexity index is 572. The third-order valence-electron chi connectivity index (χ3n) is 4.52. The predicted molar refractivity (Wildman–Crippen MR) is 96.8 cm³/mol. The van der Waals surface area contributed by atoms with Crippen LogP contribution in [-0.4, -0.2) is 42.3 Å². The van der Waals surface area contributed by atoms with Crippen LogP contribution in [-0.2, 0) is 4.79 Å². The molecule has 0 radical (unpaired) electrons. The van der Waals surface area contributed by atoms with E-state index in [9.17, 15) is 9.59 Å². The van der Waals surface area contributed by atoms with Crippen LogP contribution in [0.15, 0.2) is 24.3 Å². The average Bonchev–Trinajstić information content (AvgIpc) is 2.54. The van der Waals surface area contributed by atoms with Crippen molar-refractivity contribution in [1.29, 1.82) is 0 Å². The van der Waals surface area contributed by atoms with Gasteiger partial charge in [0.1, 0.15) is 5.75 Å². The molecule has 1 aliphatic heterocycles. The van der Waals surface area contributed by atoms with Gasteiger partial charge in [0.05, 0.1) is 0 Å². The molecule has 5 nitrogen and oxygen atoms in total. The van der Waals surface area contributed by atoms with E-state index in [4.69, 9.17) is 10.5 Å². The van der Waals surface area contributed by atoms with E-state index in [1.54, 1.807) is 24.3 Å². The van der Waals surface area contributed by atoms with Crippen molar-refractivity contribution >= 4 is 24.1 Å². The van der Waals surface area contributed by atoms with Crippen LogP contribution >= 0.6 is 12.4 Å². The molecule has 1 saturated heterocycles. The van der Waals surface area contributed by atoms with Crippen LogP contribution < -0.4 is 10.5 Å². The fraction of sp³-hybridized carbons (Fsp3) is 0.556. The van der Waals surface area contributed by atoms with Crippen LogP contribution in [0.2, 0.25) is 0 Å². The van der Waals surface area contributed by atoms with Gasteiger partial charge in [0, 0.05) is 31.1 Å². The van der Waals surface area contributed by atoms with Crippen molar-refractivity contribution in [3.8, 4) is 5.75 Å². The van der Waals surface area contributed by atoms with E-state index in [2.05, 4.69) is 13.8 Å². The first-order chi connectivity index (χ1) is 10.8. The van der Waals surface area contributed by atoms with Gasteiger partial charge < -0.3 is 15.4 Å². The number of ketones is 1. The minimum atomic E-state index is -0.0733. The topological polar surface area (TPSA) is 72.6 Å². The second-order valence-corrected chi connectivity index (χ2v) is 6.79. The monoisotopic (exact) mass is 354 g/mol. The standard InChI is InChI=1S/C18H26N2O3.ClH/c1-4-15(21)13-5-7-14(8-6-13)23-11-17(22)20-10-9-16(19)18(2,3)12-20;/h5-8,16H,4,9-12,19H2,1-3H3;1H. The first-order valence-corrected chi connectivity index (χ1v) is 8.13. The van der Waals surface area contributed by atoms with Crippen LogP contribution in [0.5, 0.6) is 5.75 Å². The highest BCUT2D eigenvalue weighted by molar-refractivity contribution is 5.95. The number of hydrogen-bond acceptors (Lipinski definition) is 4. The van der Waals surface area contributed by atoms with Crippen LogP contribution in [0.25, 0.3) is 0 Å². The van der Waals surface area contributed by atoms with Crippen molar-refractivity contribution in [1.82, 2.24) is 4.90 Å². The zero-order valence-electron chi connectivity index (χ0n) is 14.6. The van der Waals surface area contributed by atoms with Crippen molar-refractivity contribution in [3.63, 3.8) is 0 Å². The number of likely N-dealkylation sites (tertiary alicyclic amines) is 1. The number of nitrogens with zero attached hydrogens (tertiary/aromatic N) is 1. The molecule has 1 amide bonds. The normalized spacial score (nSPS) is 19.3. The average molecular weight is 355 g/mol. The third-order valence-corrected chi connectivity index (χ3v) is 4.52. The molecule has 1 aromatic rings. The van der Waals surface area contributed by atoms with E-state index in [-0.39, 0.29) is 42.2 Å². The lowest BCUT2D eigenvalue weighted by atomic mass is 9.80. The Morgan fingerprint density at radius 2 is 1.92 bits per heavy atom. The number of carbonyl (C=O) groups is 2. The zero-order chi connectivity index (χ0) is 17.0. The summed E-state index contributed by atoms with van der Waals surface area (Å²) in [4.78, 5) is 25.7. The van der Waals surface area contributed by atoms with Gasteiger partial charge in [0.2, 0.25) is 0 Å². The summed E-state index contributed by atoms with van der Waals surface area (Å²) in [7, 11) is 0. The first-order valence-electron chi connectivity index (χ1n) is 8.13. The molecule has 1 aliphatic rings. The SMILES string of the molecule is CCC(=O)c1ccc(OCC(=O)N2CCC(N)C(C)(C)C2)cc1.Cl. The van der Waals surface area contributed by atoms with E-state index in [1.807, 2.05) is 11.8 Å². The van der Waals surface area contributed by atoms with E-state index in [0.717, 1.165) is 6.42 Å². The quantitative estimate of drug-likeness (QED) is 0.825. The number of piperidine rings is 1. The number of hydrogen-bond donors (Lipinski definition) is 1. The molecule has 0 bridgehead atoms. The van der Waals surface area contributed by atoms with E-state index < -0.39 is 0 Å². The molecule has 1 unspecified atom stereocenters. The maximum absolute atomic E-state index is 12.3. The molecule has 0 saturated carbocycles. The van der Waals surface area contributed by atoms with Gasteiger partial charge in [-0.15, -0.1) is 12.4 Å². The highest BCUT2D eigenvalue weighted by Gasteiger charge is 2.35. The van der Waals surface area contributed by atoms with E-state index in [0.29, 0.717) is 30.8 Å². The maximum atomic E-state index is 12.3. The smallest absolute Gasteiger partial charge is 0.260 e. The molecule has 0 aromatic heterocycles. The highest BCUT2D eigenvalue weighted by atomic mass is 35.5. The van der Waals surface area contributed by atoms with Crippen molar-refractivity contribution in [2.24, 2.45) is 11.1 Å². The lowest BCUT2D eigenvalue weighted by Gasteiger charge is -2.42. The van der Waals surface area contributed by atoms with Gasteiger partial charge >= 0.3 is 0 Å². The largest absolute Gasteiger partial charge is 0.484 e. The summed E-state index contributed by atoms with van der Waals surface area (Å²) in [6, 6.07) is 7.04. The number of amides is 1. The maximum Gasteiger partial charge on any atom is 0.260 e. The zero-order valence-corrected chi connectivity index (χ0v) is 15.4. The Balaban J connectivity index is 0.00000288. The molecule has 134 valence electrons. The molecule has 0 aliphatic carbocycles. The fourth-order valence-electron chi connectivity index (χ4n) is 2.76. The molecule has 2 rings (SSSR count). The number of ether oxygens (including phenoxy) is 1. The molecule has 1 heterocycles. The van der Waals surface area contributed by atoms with Gasteiger partial charge in [0.25, 0.3) is 5.91 Å². The minimum absolute atomic E-state index is 0. The summed E-state index contributed by atoms with van der Waals surface area (Å²) in [6.07, 6.45) is 1.29. The predicted octanol–water partition coefficient (Wildman–Crippen LogP) is 2.67. The van der Waals surface area contributed by atoms with Crippen LogP contribution in [0.1, 0.15) is 44.0 Å². The number of benzene rings is 1. The van der Waals surface area contributed by atoms with Gasteiger partial charge in [-0.1, -0.05) is 20.8 Å². The number of carbonyl (C=O) groups excluding carboxylic acids is 2. The second kappa shape index (κ2) is 8.49.